The molecule has 0 bridgehead atoms. The lowest BCUT2D eigenvalue weighted by Crippen LogP contribution is -2.29. The molecule has 138 valence electrons. The fourth-order valence-corrected chi connectivity index (χ4v) is 3.71. The molecular formula is C22H25N5. The van der Waals surface area contributed by atoms with Crippen LogP contribution in [0, 0.1) is 6.92 Å². The molecule has 3 N–H and O–H groups in total. The van der Waals surface area contributed by atoms with Crippen LogP contribution in [0.5, 0.6) is 0 Å². The molecule has 1 aliphatic carbocycles. The number of nitrogens with two attached hydrogens (primary N) is 1. The van der Waals surface area contributed by atoms with E-state index in [2.05, 4.69) is 33.4 Å². The molecule has 3 aromatic rings. The van der Waals surface area contributed by atoms with Gasteiger partial charge in [0.15, 0.2) is 0 Å². The van der Waals surface area contributed by atoms with Crippen LogP contribution in [0.3, 0.4) is 0 Å². The Morgan fingerprint density at radius 2 is 1.89 bits per heavy atom. The molecule has 1 aromatic heterocycles. The van der Waals surface area contributed by atoms with Crippen LogP contribution < -0.4 is 16.0 Å². The van der Waals surface area contributed by atoms with Crippen LogP contribution in [0.15, 0.2) is 54.6 Å². The molecule has 0 amide bonds. The summed E-state index contributed by atoms with van der Waals surface area (Å²) in [7, 11) is 2.03. The number of nitrogen functional groups attached to an aromatic ring is 1. The second-order valence-corrected chi connectivity index (χ2v) is 7.15. The van der Waals surface area contributed by atoms with Crippen molar-refractivity contribution in [1.29, 1.82) is 0 Å². The minimum Gasteiger partial charge on any atom is -0.398 e. The van der Waals surface area contributed by atoms with E-state index in [0.717, 1.165) is 42.1 Å². The van der Waals surface area contributed by atoms with E-state index in [0.29, 0.717) is 12.0 Å². The highest BCUT2D eigenvalue weighted by Gasteiger charge is 2.21. The van der Waals surface area contributed by atoms with Crippen molar-refractivity contribution in [2.45, 2.75) is 32.2 Å². The molecule has 1 aliphatic rings. The SMILES string of the molecule is Cc1cc(N(C)c2ccccc2)nc(N[C@H]2CCc3c(N)cccc3C2)n1. The number of rotatable bonds is 4. The number of hydrogen-bond acceptors (Lipinski definition) is 5. The summed E-state index contributed by atoms with van der Waals surface area (Å²) in [5.41, 5.74) is 11.7. The first kappa shape index (κ1) is 17.3. The van der Waals surface area contributed by atoms with E-state index < -0.39 is 0 Å². The predicted molar refractivity (Wildman–Crippen MR) is 112 cm³/mol. The molecule has 0 radical (unpaired) electrons. The predicted octanol–water partition coefficient (Wildman–Crippen LogP) is 4.10. The van der Waals surface area contributed by atoms with E-state index in [1.54, 1.807) is 0 Å². The largest absolute Gasteiger partial charge is 0.398 e. The summed E-state index contributed by atoms with van der Waals surface area (Å²) in [5, 5.41) is 3.54. The molecule has 0 unspecified atom stereocenters. The van der Waals surface area contributed by atoms with E-state index in [1.165, 1.54) is 11.1 Å². The monoisotopic (exact) mass is 359 g/mol. The minimum absolute atomic E-state index is 0.316. The lowest BCUT2D eigenvalue weighted by atomic mass is 9.87. The average molecular weight is 359 g/mol. The third-order valence-electron chi connectivity index (χ3n) is 5.18. The van der Waals surface area contributed by atoms with Crippen LogP contribution >= 0.6 is 0 Å². The molecular weight excluding hydrogens is 334 g/mol. The number of para-hydroxylation sites is 1. The van der Waals surface area contributed by atoms with Crippen molar-refractivity contribution in [3.8, 4) is 0 Å². The van der Waals surface area contributed by atoms with Gasteiger partial charge in [0.1, 0.15) is 5.82 Å². The van der Waals surface area contributed by atoms with Crippen molar-refractivity contribution < 1.29 is 0 Å². The number of aromatic nitrogens is 2. The van der Waals surface area contributed by atoms with Crippen molar-refractivity contribution in [3.05, 3.63) is 71.4 Å². The molecule has 5 heteroatoms. The maximum atomic E-state index is 6.12. The molecule has 0 fully saturated rings. The van der Waals surface area contributed by atoms with Gasteiger partial charge in [0.2, 0.25) is 5.95 Å². The van der Waals surface area contributed by atoms with Crippen LogP contribution in [0.1, 0.15) is 23.2 Å². The Kier molecular flexibility index (Phi) is 4.67. The van der Waals surface area contributed by atoms with Crippen LogP contribution in [-0.2, 0) is 12.8 Å². The van der Waals surface area contributed by atoms with Crippen LogP contribution in [0.4, 0.5) is 23.1 Å². The van der Waals surface area contributed by atoms with Gasteiger partial charge in [-0.05, 0) is 55.5 Å². The van der Waals surface area contributed by atoms with Gasteiger partial charge >= 0.3 is 0 Å². The molecule has 27 heavy (non-hydrogen) atoms. The quantitative estimate of drug-likeness (QED) is 0.686. The van der Waals surface area contributed by atoms with E-state index in [-0.39, 0.29) is 0 Å². The topological polar surface area (TPSA) is 67.1 Å². The molecule has 5 nitrogen and oxygen atoms in total. The van der Waals surface area contributed by atoms with Gasteiger partial charge in [-0.1, -0.05) is 30.3 Å². The Morgan fingerprint density at radius 3 is 2.70 bits per heavy atom. The van der Waals surface area contributed by atoms with Crippen LogP contribution in [0.25, 0.3) is 0 Å². The van der Waals surface area contributed by atoms with Crippen molar-refractivity contribution in [2.24, 2.45) is 0 Å². The third-order valence-corrected chi connectivity index (χ3v) is 5.18. The number of nitrogens with zero attached hydrogens (tertiary/aromatic N) is 3. The number of fused-ring (bicyclic) bond motifs is 1. The second kappa shape index (κ2) is 7.27. The Labute approximate surface area is 160 Å². The van der Waals surface area contributed by atoms with E-state index in [4.69, 9.17) is 10.7 Å². The summed E-state index contributed by atoms with van der Waals surface area (Å²) in [6.45, 7) is 2.01. The van der Waals surface area contributed by atoms with Gasteiger partial charge in [0.05, 0.1) is 0 Å². The highest BCUT2D eigenvalue weighted by molar-refractivity contribution is 5.60. The Bertz CT molecular complexity index is 939. The van der Waals surface area contributed by atoms with Gasteiger partial charge in [0.25, 0.3) is 0 Å². The Morgan fingerprint density at radius 1 is 1.07 bits per heavy atom. The highest BCUT2D eigenvalue weighted by Crippen LogP contribution is 2.28. The number of anilines is 4. The van der Waals surface area contributed by atoms with Crippen LogP contribution in [-0.4, -0.2) is 23.1 Å². The fourth-order valence-electron chi connectivity index (χ4n) is 3.71. The molecule has 0 saturated heterocycles. The molecule has 1 heterocycles. The molecule has 4 rings (SSSR count). The van der Waals surface area contributed by atoms with Gasteiger partial charge in [-0.15, -0.1) is 0 Å². The molecule has 0 aliphatic heterocycles. The summed E-state index contributed by atoms with van der Waals surface area (Å²) in [4.78, 5) is 11.4. The van der Waals surface area contributed by atoms with Gasteiger partial charge < -0.3 is 16.0 Å². The van der Waals surface area contributed by atoms with Gasteiger partial charge in [-0.2, -0.15) is 4.98 Å². The third kappa shape index (κ3) is 3.72. The standard InChI is InChI=1S/C22H25N5/c1-15-13-21(27(2)18-8-4-3-5-9-18)26-22(24-15)25-17-11-12-19-16(14-17)7-6-10-20(19)23/h3-10,13,17H,11-12,14,23H2,1-2H3,(H,24,25,26)/t17-/m0/s1. The zero-order valence-corrected chi connectivity index (χ0v) is 15.8. The summed E-state index contributed by atoms with van der Waals surface area (Å²) >= 11 is 0. The number of aryl methyl sites for hydroxylation is 1. The van der Waals surface area contributed by atoms with Gasteiger partial charge in [0, 0.05) is 36.2 Å². The summed E-state index contributed by atoms with van der Waals surface area (Å²) in [6.07, 6.45) is 2.96. The smallest absolute Gasteiger partial charge is 0.225 e. The Balaban J connectivity index is 1.54. The van der Waals surface area contributed by atoms with Crippen molar-refractivity contribution in [3.63, 3.8) is 0 Å². The first-order valence-electron chi connectivity index (χ1n) is 9.37. The fraction of sp³-hybridized carbons (Fsp3) is 0.273. The number of benzene rings is 2. The van der Waals surface area contributed by atoms with E-state index >= 15 is 0 Å². The average Bonchev–Trinajstić information content (AvgIpc) is 2.68. The zero-order valence-electron chi connectivity index (χ0n) is 15.8. The van der Waals surface area contributed by atoms with Gasteiger partial charge in [-0.25, -0.2) is 4.98 Å². The number of nitrogens with one attached hydrogen (secondary N) is 1. The summed E-state index contributed by atoms with van der Waals surface area (Å²) in [5.74, 6) is 1.57. The van der Waals surface area contributed by atoms with Crippen LogP contribution in [0.2, 0.25) is 0 Å². The first-order valence-corrected chi connectivity index (χ1v) is 9.37. The molecule has 1 atom stereocenters. The molecule has 2 aromatic carbocycles. The molecule has 0 saturated carbocycles. The summed E-state index contributed by atoms with van der Waals surface area (Å²) in [6, 6.07) is 18.8. The van der Waals surface area contributed by atoms with Crippen molar-refractivity contribution in [2.75, 3.05) is 23.0 Å². The second-order valence-electron chi connectivity index (χ2n) is 7.15. The van der Waals surface area contributed by atoms with E-state index in [9.17, 15) is 0 Å². The first-order chi connectivity index (χ1) is 13.1. The minimum atomic E-state index is 0.316. The lowest BCUT2D eigenvalue weighted by Gasteiger charge is -2.27. The maximum Gasteiger partial charge on any atom is 0.225 e. The Hall–Kier alpha value is -3.08. The van der Waals surface area contributed by atoms with Crippen molar-refractivity contribution in [1.82, 2.24) is 9.97 Å². The van der Waals surface area contributed by atoms with Crippen molar-refractivity contribution >= 4 is 23.1 Å². The maximum absolute atomic E-state index is 6.12. The normalized spacial score (nSPS) is 15.9. The summed E-state index contributed by atoms with van der Waals surface area (Å²) < 4.78 is 0. The lowest BCUT2D eigenvalue weighted by molar-refractivity contribution is 0.607. The number of hydrogen-bond donors (Lipinski definition) is 2. The van der Waals surface area contributed by atoms with Gasteiger partial charge in [-0.3, -0.25) is 0 Å². The van der Waals surface area contributed by atoms with E-state index in [1.807, 2.05) is 50.4 Å². The zero-order chi connectivity index (χ0) is 18.8. The highest BCUT2D eigenvalue weighted by atomic mass is 15.2. The molecule has 0 spiro atoms.